The summed E-state index contributed by atoms with van der Waals surface area (Å²) >= 11 is 0. The molecule has 154 valence electrons. The second-order valence-electron chi connectivity index (χ2n) is 7.15. The molecule has 2 amide bonds. The minimum Gasteiger partial charge on any atom is -0.486 e. The number of furan rings is 1. The zero-order valence-electron chi connectivity index (χ0n) is 16.2. The van der Waals surface area contributed by atoms with Crippen LogP contribution >= 0.6 is 0 Å². The maximum absolute atomic E-state index is 12.5. The average Bonchev–Trinajstić information content (AvgIpc) is 3.42. The van der Waals surface area contributed by atoms with Crippen LogP contribution < -0.4 is 20.1 Å². The Balaban J connectivity index is 1.25. The number of carbonyl (C=O) groups is 2. The molecule has 1 unspecified atom stereocenters. The van der Waals surface area contributed by atoms with Gasteiger partial charge in [0.15, 0.2) is 11.5 Å². The molecule has 2 aromatic rings. The first kappa shape index (κ1) is 19.3. The molecule has 1 fully saturated rings. The standard InChI is InChI=1S/C21H25N3O5/c25-20(23-15-5-6-18-19(13-15)29-12-11-28-18)7-9-24-8-1-4-17(24)21(26)22-14-16-3-2-10-27-16/h2-3,5-6,10,13,17H,1,4,7-9,11-12,14H2,(H,22,26)(H,23,25). The van der Waals surface area contributed by atoms with Crippen molar-refractivity contribution in [2.45, 2.75) is 31.8 Å². The van der Waals surface area contributed by atoms with Crippen LogP contribution in [-0.4, -0.2) is 49.1 Å². The Bertz CT molecular complexity index is 852. The molecular formula is C21H25N3O5. The number of rotatable bonds is 7. The van der Waals surface area contributed by atoms with Gasteiger partial charge in [0.25, 0.3) is 0 Å². The van der Waals surface area contributed by atoms with Gasteiger partial charge in [0, 0.05) is 24.7 Å². The molecule has 0 aliphatic carbocycles. The lowest BCUT2D eigenvalue weighted by molar-refractivity contribution is -0.126. The number of nitrogens with one attached hydrogen (secondary N) is 2. The summed E-state index contributed by atoms with van der Waals surface area (Å²) in [5, 5.41) is 5.80. The molecule has 1 atom stereocenters. The molecule has 1 aromatic carbocycles. The Morgan fingerprint density at radius 3 is 2.83 bits per heavy atom. The second kappa shape index (κ2) is 9.00. The van der Waals surface area contributed by atoms with Crippen molar-refractivity contribution in [1.82, 2.24) is 10.2 Å². The third-order valence-corrected chi connectivity index (χ3v) is 5.14. The highest BCUT2D eigenvalue weighted by molar-refractivity contribution is 5.91. The van der Waals surface area contributed by atoms with E-state index in [1.54, 1.807) is 30.5 Å². The summed E-state index contributed by atoms with van der Waals surface area (Å²) in [6, 6.07) is 8.79. The Morgan fingerprint density at radius 1 is 1.14 bits per heavy atom. The molecule has 8 heteroatoms. The van der Waals surface area contributed by atoms with E-state index in [0.29, 0.717) is 49.9 Å². The Hall–Kier alpha value is -3.00. The highest BCUT2D eigenvalue weighted by Crippen LogP contribution is 2.32. The van der Waals surface area contributed by atoms with Crippen molar-refractivity contribution in [2.24, 2.45) is 0 Å². The van der Waals surface area contributed by atoms with Crippen LogP contribution in [0.4, 0.5) is 5.69 Å². The fourth-order valence-electron chi connectivity index (χ4n) is 3.69. The number of hydrogen-bond acceptors (Lipinski definition) is 6. The summed E-state index contributed by atoms with van der Waals surface area (Å²) in [7, 11) is 0. The Kier molecular flexibility index (Phi) is 6.00. The number of likely N-dealkylation sites (tertiary alicyclic amines) is 1. The van der Waals surface area contributed by atoms with Crippen molar-refractivity contribution >= 4 is 17.5 Å². The summed E-state index contributed by atoms with van der Waals surface area (Å²) in [6.07, 6.45) is 3.65. The van der Waals surface area contributed by atoms with E-state index in [-0.39, 0.29) is 17.9 Å². The topological polar surface area (TPSA) is 93.0 Å². The van der Waals surface area contributed by atoms with E-state index >= 15 is 0 Å². The number of ether oxygens (including phenoxy) is 2. The van der Waals surface area contributed by atoms with Crippen molar-refractivity contribution in [3.63, 3.8) is 0 Å². The zero-order chi connectivity index (χ0) is 20.1. The largest absolute Gasteiger partial charge is 0.486 e. The van der Waals surface area contributed by atoms with Gasteiger partial charge in [-0.1, -0.05) is 0 Å². The van der Waals surface area contributed by atoms with Gasteiger partial charge in [-0.25, -0.2) is 0 Å². The van der Waals surface area contributed by atoms with Crippen LogP contribution in [0.5, 0.6) is 11.5 Å². The van der Waals surface area contributed by atoms with Crippen molar-refractivity contribution < 1.29 is 23.5 Å². The maximum Gasteiger partial charge on any atom is 0.237 e. The molecule has 0 saturated carbocycles. The number of carbonyl (C=O) groups excluding carboxylic acids is 2. The monoisotopic (exact) mass is 399 g/mol. The fraction of sp³-hybridized carbons (Fsp3) is 0.429. The lowest BCUT2D eigenvalue weighted by Crippen LogP contribution is -2.43. The van der Waals surface area contributed by atoms with Gasteiger partial charge >= 0.3 is 0 Å². The SMILES string of the molecule is O=C(CCN1CCCC1C(=O)NCc1ccco1)Nc1ccc2c(c1)OCCO2. The third-order valence-electron chi connectivity index (χ3n) is 5.14. The van der Waals surface area contributed by atoms with Crippen molar-refractivity contribution in [3.8, 4) is 11.5 Å². The minimum absolute atomic E-state index is 0.0221. The first-order chi connectivity index (χ1) is 14.2. The second-order valence-corrected chi connectivity index (χ2v) is 7.15. The molecule has 4 rings (SSSR count). The maximum atomic E-state index is 12.5. The molecule has 1 aromatic heterocycles. The highest BCUT2D eigenvalue weighted by atomic mass is 16.6. The summed E-state index contributed by atoms with van der Waals surface area (Å²) in [5.41, 5.74) is 0.674. The van der Waals surface area contributed by atoms with E-state index in [2.05, 4.69) is 15.5 Å². The van der Waals surface area contributed by atoms with E-state index in [1.807, 2.05) is 6.07 Å². The Labute approximate surface area is 169 Å². The van der Waals surface area contributed by atoms with Crippen LogP contribution in [0, 0.1) is 0 Å². The van der Waals surface area contributed by atoms with E-state index in [1.165, 1.54) is 0 Å². The normalized spacial score (nSPS) is 18.4. The van der Waals surface area contributed by atoms with Crippen molar-refractivity contribution in [3.05, 3.63) is 42.4 Å². The first-order valence-electron chi connectivity index (χ1n) is 9.93. The molecule has 0 bridgehead atoms. The number of fused-ring (bicyclic) bond motifs is 1. The van der Waals surface area contributed by atoms with E-state index < -0.39 is 0 Å². The van der Waals surface area contributed by atoms with Crippen LogP contribution in [-0.2, 0) is 16.1 Å². The molecule has 0 spiro atoms. The lowest BCUT2D eigenvalue weighted by Gasteiger charge is -2.23. The fourth-order valence-corrected chi connectivity index (χ4v) is 3.69. The smallest absolute Gasteiger partial charge is 0.237 e. The van der Waals surface area contributed by atoms with Gasteiger partial charge < -0.3 is 24.5 Å². The molecule has 29 heavy (non-hydrogen) atoms. The van der Waals surface area contributed by atoms with E-state index in [0.717, 1.165) is 25.1 Å². The minimum atomic E-state index is -0.202. The van der Waals surface area contributed by atoms with Gasteiger partial charge in [0.2, 0.25) is 11.8 Å². The van der Waals surface area contributed by atoms with Gasteiger partial charge in [-0.15, -0.1) is 0 Å². The van der Waals surface area contributed by atoms with Gasteiger partial charge in [-0.2, -0.15) is 0 Å². The van der Waals surface area contributed by atoms with Crippen LogP contribution in [0.3, 0.4) is 0 Å². The number of nitrogens with zero attached hydrogens (tertiary/aromatic N) is 1. The number of amides is 2. The molecule has 8 nitrogen and oxygen atoms in total. The van der Waals surface area contributed by atoms with E-state index in [9.17, 15) is 9.59 Å². The highest BCUT2D eigenvalue weighted by Gasteiger charge is 2.30. The summed E-state index contributed by atoms with van der Waals surface area (Å²) in [4.78, 5) is 26.9. The molecule has 2 aliphatic heterocycles. The van der Waals surface area contributed by atoms with Crippen LogP contribution in [0.1, 0.15) is 25.0 Å². The van der Waals surface area contributed by atoms with Crippen molar-refractivity contribution in [1.29, 1.82) is 0 Å². The quantitative estimate of drug-likeness (QED) is 0.741. The summed E-state index contributed by atoms with van der Waals surface area (Å²) in [6.45, 7) is 2.76. The number of anilines is 1. The summed E-state index contributed by atoms with van der Waals surface area (Å²) in [5.74, 6) is 1.94. The van der Waals surface area contributed by atoms with Crippen LogP contribution in [0.15, 0.2) is 41.0 Å². The zero-order valence-corrected chi connectivity index (χ0v) is 16.2. The molecule has 2 aliphatic rings. The molecular weight excluding hydrogens is 374 g/mol. The van der Waals surface area contributed by atoms with Crippen molar-refractivity contribution in [2.75, 3.05) is 31.6 Å². The van der Waals surface area contributed by atoms with Gasteiger partial charge in [-0.05, 0) is 43.7 Å². The van der Waals surface area contributed by atoms with Gasteiger partial charge in [0.1, 0.15) is 19.0 Å². The molecule has 1 saturated heterocycles. The molecule has 3 heterocycles. The summed E-state index contributed by atoms with van der Waals surface area (Å²) < 4.78 is 16.3. The lowest BCUT2D eigenvalue weighted by atomic mass is 10.2. The molecule has 2 N–H and O–H groups in total. The number of hydrogen-bond donors (Lipinski definition) is 2. The molecule has 0 radical (unpaired) electrons. The third kappa shape index (κ3) is 4.89. The number of benzene rings is 1. The van der Waals surface area contributed by atoms with E-state index in [4.69, 9.17) is 13.9 Å². The first-order valence-corrected chi connectivity index (χ1v) is 9.93. The predicted octanol–water partition coefficient (Wildman–Crippen LogP) is 2.16. The van der Waals surface area contributed by atoms with Gasteiger partial charge in [0.05, 0.1) is 18.8 Å². The van der Waals surface area contributed by atoms with Crippen LogP contribution in [0.25, 0.3) is 0 Å². The van der Waals surface area contributed by atoms with Crippen LogP contribution in [0.2, 0.25) is 0 Å². The average molecular weight is 399 g/mol. The predicted molar refractivity (Wildman–Crippen MR) is 106 cm³/mol. The van der Waals surface area contributed by atoms with Gasteiger partial charge in [-0.3, -0.25) is 14.5 Å². The Morgan fingerprint density at radius 2 is 2.00 bits per heavy atom.